The summed E-state index contributed by atoms with van der Waals surface area (Å²) in [5.74, 6) is -0.863. The van der Waals surface area contributed by atoms with Crippen LogP contribution in [0.5, 0.6) is 5.75 Å². The van der Waals surface area contributed by atoms with E-state index < -0.39 is 11.6 Å². The number of hydrogen-bond donors (Lipinski definition) is 3. The number of carbonyl (C=O) groups excluding carboxylic acids is 2. The lowest BCUT2D eigenvalue weighted by atomic mass is 9.83. The molecule has 0 unspecified atom stereocenters. The molecule has 9 nitrogen and oxygen atoms in total. The van der Waals surface area contributed by atoms with Crippen LogP contribution in [0.4, 0.5) is 28.7 Å². The number of nitriles is 1. The lowest BCUT2D eigenvalue weighted by Crippen LogP contribution is -2.21. The number of benzene rings is 3. The third kappa shape index (κ3) is 3.63. The molecule has 3 aromatic carbocycles. The van der Waals surface area contributed by atoms with E-state index in [1.54, 1.807) is 19.1 Å². The van der Waals surface area contributed by atoms with Crippen LogP contribution >= 0.6 is 0 Å². The number of nitrogen functional groups attached to an aromatic ring is 1. The molecule has 36 heavy (non-hydrogen) atoms. The maximum Gasteiger partial charge on any atom is 0.198 e. The van der Waals surface area contributed by atoms with Gasteiger partial charge in [0.25, 0.3) is 0 Å². The van der Waals surface area contributed by atoms with Crippen LogP contribution in [0.3, 0.4) is 0 Å². The summed E-state index contributed by atoms with van der Waals surface area (Å²) in [4.78, 5) is 30.6. The first kappa shape index (κ1) is 22.4. The van der Waals surface area contributed by atoms with E-state index in [0.29, 0.717) is 5.56 Å². The highest BCUT2D eigenvalue weighted by atomic mass is 16.3. The zero-order valence-electron chi connectivity index (χ0n) is 19.0. The fourth-order valence-electron chi connectivity index (χ4n) is 4.12. The van der Waals surface area contributed by atoms with Crippen molar-refractivity contribution in [1.82, 2.24) is 4.98 Å². The average Bonchev–Trinajstić information content (AvgIpc) is 2.87. The highest BCUT2D eigenvalue weighted by Crippen LogP contribution is 2.38. The number of anilines is 3. The molecular formula is C27H18N6O3. The number of ketones is 2. The Morgan fingerprint density at radius 1 is 0.917 bits per heavy atom. The maximum atomic E-state index is 13.2. The molecule has 0 atom stereocenters. The summed E-state index contributed by atoms with van der Waals surface area (Å²) in [7, 11) is 0. The van der Waals surface area contributed by atoms with Gasteiger partial charge in [-0.15, -0.1) is 10.2 Å². The topological polar surface area (TPSA) is 154 Å². The number of nitrogens with zero attached hydrogens (tertiary/aromatic N) is 4. The first-order valence-corrected chi connectivity index (χ1v) is 10.9. The second-order valence-corrected chi connectivity index (χ2v) is 8.05. The van der Waals surface area contributed by atoms with Crippen molar-refractivity contribution in [3.8, 4) is 11.8 Å². The standard InChI is InChI=1S/C27H18N6O3/c1-14-18(13-28)27(30-15-7-3-2-4-8-15)31-26(29)23(14)33-32-19-11-5-9-16-21(19)24(35)17-10-6-12-20(34)22(17)25(16)36/h2-12,34H,1H3,(H3,29,30,31). The number of fused-ring (bicyclic) bond motifs is 2. The third-order valence-electron chi connectivity index (χ3n) is 5.88. The monoisotopic (exact) mass is 474 g/mol. The van der Waals surface area contributed by atoms with Crippen LogP contribution in [0, 0.1) is 18.3 Å². The van der Waals surface area contributed by atoms with Crippen molar-refractivity contribution >= 4 is 40.3 Å². The molecule has 1 aliphatic rings. The van der Waals surface area contributed by atoms with Crippen LogP contribution in [0.25, 0.3) is 0 Å². The van der Waals surface area contributed by atoms with Crippen molar-refractivity contribution in [3.05, 3.63) is 100 Å². The van der Waals surface area contributed by atoms with Crippen LogP contribution in [-0.2, 0) is 0 Å². The van der Waals surface area contributed by atoms with Gasteiger partial charge in [0.1, 0.15) is 17.5 Å². The van der Waals surface area contributed by atoms with Gasteiger partial charge in [-0.05, 0) is 31.2 Å². The molecule has 1 aromatic heterocycles. The van der Waals surface area contributed by atoms with Crippen LogP contribution < -0.4 is 11.1 Å². The Balaban J connectivity index is 1.57. The molecule has 0 aliphatic heterocycles. The van der Waals surface area contributed by atoms with Gasteiger partial charge in [-0.25, -0.2) is 4.98 Å². The number of phenols is 1. The summed E-state index contributed by atoms with van der Waals surface area (Å²) in [6.45, 7) is 1.68. The lowest BCUT2D eigenvalue weighted by molar-refractivity contribution is 0.0977. The van der Waals surface area contributed by atoms with Crippen molar-refractivity contribution in [3.63, 3.8) is 0 Å². The summed E-state index contributed by atoms with van der Waals surface area (Å²) in [6, 6.07) is 20.3. The molecule has 1 heterocycles. The number of phenolic OH excluding ortho intramolecular Hbond substituents is 1. The van der Waals surface area contributed by atoms with Crippen molar-refractivity contribution in [2.45, 2.75) is 6.92 Å². The van der Waals surface area contributed by atoms with E-state index in [1.807, 2.05) is 30.3 Å². The molecular weight excluding hydrogens is 456 g/mol. The van der Waals surface area contributed by atoms with Gasteiger partial charge in [-0.1, -0.05) is 42.5 Å². The van der Waals surface area contributed by atoms with Gasteiger partial charge in [-0.2, -0.15) is 5.26 Å². The number of aromatic hydroxyl groups is 1. The third-order valence-corrected chi connectivity index (χ3v) is 5.88. The number of hydrogen-bond acceptors (Lipinski definition) is 9. The molecule has 9 heteroatoms. The van der Waals surface area contributed by atoms with Crippen molar-refractivity contribution in [2.24, 2.45) is 10.2 Å². The minimum atomic E-state index is -0.477. The number of aromatic nitrogens is 1. The molecule has 0 saturated carbocycles. The largest absolute Gasteiger partial charge is 0.507 e. The zero-order valence-corrected chi connectivity index (χ0v) is 19.0. The minimum Gasteiger partial charge on any atom is -0.507 e. The number of para-hydroxylation sites is 1. The van der Waals surface area contributed by atoms with Gasteiger partial charge in [0, 0.05) is 22.4 Å². The zero-order chi connectivity index (χ0) is 25.4. The maximum absolute atomic E-state index is 13.2. The average molecular weight is 474 g/mol. The summed E-state index contributed by atoms with van der Waals surface area (Å²) in [5, 5.41) is 31.4. The summed E-state index contributed by atoms with van der Waals surface area (Å²) < 4.78 is 0. The molecule has 0 bridgehead atoms. The van der Waals surface area contributed by atoms with E-state index >= 15 is 0 Å². The number of rotatable bonds is 4. The molecule has 174 valence electrons. The minimum absolute atomic E-state index is 0.0338. The van der Waals surface area contributed by atoms with E-state index in [0.717, 1.165) is 5.69 Å². The van der Waals surface area contributed by atoms with Gasteiger partial charge in [0.05, 0.1) is 22.4 Å². The molecule has 4 N–H and O–H groups in total. The quantitative estimate of drug-likeness (QED) is 0.291. The second-order valence-electron chi connectivity index (χ2n) is 8.05. The van der Waals surface area contributed by atoms with Crippen molar-refractivity contribution < 1.29 is 14.7 Å². The summed E-state index contributed by atoms with van der Waals surface area (Å²) in [6.07, 6.45) is 0. The Hall–Kier alpha value is -5.36. The SMILES string of the molecule is Cc1c(C#N)c(Nc2ccccc2)nc(N)c1N=Nc1cccc2c1C(=O)c1cccc(O)c1C2=O. The van der Waals surface area contributed by atoms with Crippen LogP contribution in [0.15, 0.2) is 77.0 Å². The highest BCUT2D eigenvalue weighted by molar-refractivity contribution is 6.30. The van der Waals surface area contributed by atoms with Gasteiger partial charge in [-0.3, -0.25) is 9.59 Å². The van der Waals surface area contributed by atoms with Gasteiger partial charge < -0.3 is 16.2 Å². The van der Waals surface area contributed by atoms with Gasteiger partial charge in [0.15, 0.2) is 23.2 Å². The fourth-order valence-corrected chi connectivity index (χ4v) is 4.12. The number of azo groups is 1. The van der Waals surface area contributed by atoms with E-state index in [4.69, 9.17) is 5.73 Å². The summed E-state index contributed by atoms with van der Waals surface area (Å²) in [5.41, 5.74) is 8.19. The number of nitrogens with one attached hydrogen (secondary N) is 1. The molecule has 0 saturated heterocycles. The van der Waals surface area contributed by atoms with Crippen molar-refractivity contribution in [1.29, 1.82) is 5.26 Å². The van der Waals surface area contributed by atoms with Gasteiger partial charge in [0.2, 0.25) is 0 Å². The van der Waals surface area contributed by atoms with E-state index in [-0.39, 0.29) is 56.6 Å². The second kappa shape index (κ2) is 8.77. The van der Waals surface area contributed by atoms with Crippen LogP contribution in [-0.4, -0.2) is 21.7 Å². The predicted octanol–water partition coefficient (Wildman–Crippen LogP) is 5.48. The Kier molecular flexibility index (Phi) is 5.47. The molecule has 0 fully saturated rings. The number of nitrogens with two attached hydrogens (primary N) is 1. The van der Waals surface area contributed by atoms with E-state index in [9.17, 15) is 20.0 Å². The molecule has 5 rings (SSSR count). The molecule has 0 amide bonds. The predicted molar refractivity (Wildman–Crippen MR) is 133 cm³/mol. The normalized spacial score (nSPS) is 12.2. The Morgan fingerprint density at radius 3 is 2.31 bits per heavy atom. The highest BCUT2D eigenvalue weighted by Gasteiger charge is 2.33. The fraction of sp³-hybridized carbons (Fsp3) is 0.0370. The van der Waals surface area contributed by atoms with Crippen LogP contribution in [0.1, 0.15) is 43.0 Å². The molecule has 1 aliphatic carbocycles. The first-order valence-electron chi connectivity index (χ1n) is 10.9. The lowest BCUT2D eigenvalue weighted by Gasteiger charge is -2.19. The number of carbonyl (C=O) groups is 2. The Morgan fingerprint density at radius 2 is 1.58 bits per heavy atom. The molecule has 0 spiro atoms. The number of pyridine rings is 1. The molecule has 4 aromatic rings. The molecule has 0 radical (unpaired) electrons. The Bertz CT molecular complexity index is 1640. The van der Waals surface area contributed by atoms with Crippen LogP contribution in [0.2, 0.25) is 0 Å². The first-order chi connectivity index (χ1) is 17.4. The van der Waals surface area contributed by atoms with Crippen molar-refractivity contribution in [2.75, 3.05) is 11.1 Å². The summed E-state index contributed by atoms with van der Waals surface area (Å²) >= 11 is 0. The van der Waals surface area contributed by atoms with E-state index in [2.05, 4.69) is 26.6 Å². The van der Waals surface area contributed by atoms with E-state index in [1.165, 1.54) is 24.3 Å². The smallest absolute Gasteiger partial charge is 0.198 e. The van der Waals surface area contributed by atoms with Gasteiger partial charge >= 0.3 is 0 Å². The Labute approximate surface area is 205 Å².